The number of fused-ring (bicyclic) bond motifs is 1. The minimum atomic E-state index is -0.459. The van der Waals surface area contributed by atoms with E-state index in [1.807, 2.05) is 26.0 Å². The SMILES string of the molecule is Cc1ccc(C)c(N2C(=O)c3ccc(C(=O)Nc4sccc4C(=O)NC4CC4)cc3C2=O)c1. The average molecular weight is 460 g/mol. The Morgan fingerprint density at radius 3 is 2.45 bits per heavy atom. The maximum absolute atomic E-state index is 13.1. The van der Waals surface area contributed by atoms with Crippen LogP contribution in [0.3, 0.4) is 0 Å². The Morgan fingerprint density at radius 2 is 1.70 bits per heavy atom. The number of nitrogens with one attached hydrogen (secondary N) is 2. The van der Waals surface area contributed by atoms with Crippen molar-refractivity contribution in [3.8, 4) is 0 Å². The number of imide groups is 1. The van der Waals surface area contributed by atoms with Crippen LogP contribution >= 0.6 is 11.3 Å². The predicted octanol–water partition coefficient (Wildman–Crippen LogP) is 4.31. The van der Waals surface area contributed by atoms with E-state index in [9.17, 15) is 19.2 Å². The van der Waals surface area contributed by atoms with E-state index in [0.29, 0.717) is 16.3 Å². The molecule has 0 unspecified atom stereocenters. The minimum Gasteiger partial charge on any atom is -0.349 e. The summed E-state index contributed by atoms with van der Waals surface area (Å²) in [7, 11) is 0. The molecule has 5 rings (SSSR count). The Morgan fingerprint density at radius 1 is 0.939 bits per heavy atom. The van der Waals surface area contributed by atoms with Crippen molar-refractivity contribution in [3.63, 3.8) is 0 Å². The van der Waals surface area contributed by atoms with Crippen LogP contribution in [0.1, 0.15) is 65.4 Å². The Balaban J connectivity index is 1.40. The second kappa shape index (κ2) is 7.97. The normalized spacial score (nSPS) is 14.9. The summed E-state index contributed by atoms with van der Waals surface area (Å²) in [4.78, 5) is 52.6. The molecule has 2 aliphatic rings. The van der Waals surface area contributed by atoms with Gasteiger partial charge in [0.1, 0.15) is 5.00 Å². The summed E-state index contributed by atoms with van der Waals surface area (Å²) in [6.45, 7) is 3.74. The van der Waals surface area contributed by atoms with E-state index in [2.05, 4.69) is 10.6 Å². The van der Waals surface area contributed by atoms with Crippen LogP contribution in [0.4, 0.5) is 10.7 Å². The molecule has 2 N–H and O–H groups in total. The second-order valence-corrected chi connectivity index (χ2v) is 9.28. The van der Waals surface area contributed by atoms with Crippen molar-refractivity contribution < 1.29 is 19.2 Å². The van der Waals surface area contributed by atoms with Crippen LogP contribution in [0.5, 0.6) is 0 Å². The zero-order valence-electron chi connectivity index (χ0n) is 18.1. The summed E-state index contributed by atoms with van der Waals surface area (Å²) in [5, 5.41) is 7.86. The largest absolute Gasteiger partial charge is 0.349 e. The van der Waals surface area contributed by atoms with E-state index < -0.39 is 17.7 Å². The molecule has 7 nitrogen and oxygen atoms in total. The van der Waals surface area contributed by atoms with Crippen molar-refractivity contribution in [1.82, 2.24) is 5.32 Å². The summed E-state index contributed by atoms with van der Waals surface area (Å²) >= 11 is 1.25. The van der Waals surface area contributed by atoms with Gasteiger partial charge in [-0.2, -0.15) is 0 Å². The Kier molecular flexibility index (Phi) is 5.09. The van der Waals surface area contributed by atoms with Gasteiger partial charge in [0.15, 0.2) is 0 Å². The van der Waals surface area contributed by atoms with Crippen LogP contribution < -0.4 is 15.5 Å². The monoisotopic (exact) mass is 459 g/mol. The maximum Gasteiger partial charge on any atom is 0.266 e. The molecule has 33 heavy (non-hydrogen) atoms. The fourth-order valence-electron chi connectivity index (χ4n) is 3.81. The lowest BCUT2D eigenvalue weighted by Crippen LogP contribution is -2.30. The van der Waals surface area contributed by atoms with Gasteiger partial charge in [-0.3, -0.25) is 19.2 Å². The zero-order valence-corrected chi connectivity index (χ0v) is 18.9. The molecule has 4 amide bonds. The standard InChI is InChI=1S/C25H21N3O4S/c1-13-3-4-14(2)20(11-13)28-24(31)17-8-5-15(12-19(17)25(28)32)21(29)27-23-18(9-10-33-23)22(30)26-16-6-7-16/h3-5,8-12,16H,6-7H2,1-2H3,(H,26,30)(H,27,29). The third kappa shape index (κ3) is 3.82. The summed E-state index contributed by atoms with van der Waals surface area (Å²) in [5.74, 6) is -1.54. The first-order valence-corrected chi connectivity index (χ1v) is 11.5. The van der Waals surface area contributed by atoms with Crippen molar-refractivity contribution >= 4 is 45.7 Å². The lowest BCUT2D eigenvalue weighted by Gasteiger charge is -2.17. The molecule has 2 aromatic carbocycles. The number of amides is 4. The highest BCUT2D eigenvalue weighted by molar-refractivity contribution is 7.14. The smallest absolute Gasteiger partial charge is 0.266 e. The van der Waals surface area contributed by atoms with Gasteiger partial charge >= 0.3 is 0 Å². The van der Waals surface area contributed by atoms with Crippen LogP contribution in [-0.2, 0) is 0 Å². The molecule has 1 aromatic heterocycles. The molecule has 0 bridgehead atoms. The molecule has 0 atom stereocenters. The number of hydrogen-bond acceptors (Lipinski definition) is 5. The highest BCUT2D eigenvalue weighted by Gasteiger charge is 2.38. The summed E-state index contributed by atoms with van der Waals surface area (Å²) < 4.78 is 0. The van der Waals surface area contributed by atoms with Gasteiger partial charge in [0.2, 0.25) is 0 Å². The number of carbonyl (C=O) groups excluding carboxylic acids is 4. The van der Waals surface area contributed by atoms with Gasteiger partial charge in [0.05, 0.1) is 22.4 Å². The number of aryl methyl sites for hydroxylation is 2. The second-order valence-electron chi connectivity index (χ2n) is 8.36. The molecule has 1 fully saturated rings. The highest BCUT2D eigenvalue weighted by atomic mass is 32.1. The fourth-order valence-corrected chi connectivity index (χ4v) is 4.59. The molecular weight excluding hydrogens is 438 g/mol. The number of rotatable bonds is 5. The van der Waals surface area contributed by atoms with Gasteiger partial charge in [-0.25, -0.2) is 4.90 Å². The number of thiophene rings is 1. The van der Waals surface area contributed by atoms with Gasteiger partial charge in [0, 0.05) is 11.6 Å². The lowest BCUT2D eigenvalue weighted by atomic mass is 10.1. The van der Waals surface area contributed by atoms with Gasteiger partial charge in [0.25, 0.3) is 23.6 Å². The van der Waals surface area contributed by atoms with Crippen LogP contribution in [0.25, 0.3) is 0 Å². The molecule has 2 heterocycles. The Hall–Kier alpha value is -3.78. The number of anilines is 2. The van der Waals surface area contributed by atoms with E-state index in [1.54, 1.807) is 17.5 Å². The maximum atomic E-state index is 13.1. The van der Waals surface area contributed by atoms with E-state index in [4.69, 9.17) is 0 Å². The molecule has 1 saturated carbocycles. The predicted molar refractivity (Wildman–Crippen MR) is 126 cm³/mol. The highest BCUT2D eigenvalue weighted by Crippen LogP contribution is 2.32. The van der Waals surface area contributed by atoms with Gasteiger partial charge in [-0.05, 0) is 73.5 Å². The number of benzene rings is 2. The average Bonchev–Trinajstić information content (AvgIpc) is 3.42. The van der Waals surface area contributed by atoms with E-state index >= 15 is 0 Å². The molecular formula is C25H21N3O4S. The Bertz CT molecular complexity index is 1340. The summed E-state index contributed by atoms with van der Waals surface area (Å²) in [5.41, 5.74) is 3.38. The number of carbonyl (C=O) groups is 4. The summed E-state index contributed by atoms with van der Waals surface area (Å²) in [6, 6.07) is 11.9. The molecule has 3 aromatic rings. The molecule has 0 saturated heterocycles. The summed E-state index contributed by atoms with van der Waals surface area (Å²) in [6.07, 6.45) is 1.94. The topological polar surface area (TPSA) is 95.6 Å². The van der Waals surface area contributed by atoms with Crippen LogP contribution in [0.2, 0.25) is 0 Å². The molecule has 1 aliphatic heterocycles. The first-order valence-electron chi connectivity index (χ1n) is 10.6. The van der Waals surface area contributed by atoms with Gasteiger partial charge in [-0.1, -0.05) is 12.1 Å². The number of nitrogens with zero attached hydrogens (tertiary/aromatic N) is 1. The first kappa shape index (κ1) is 21.1. The first-order chi connectivity index (χ1) is 15.8. The van der Waals surface area contributed by atoms with Crippen molar-refractivity contribution in [2.45, 2.75) is 32.7 Å². The molecule has 166 valence electrons. The van der Waals surface area contributed by atoms with Crippen LogP contribution in [-0.4, -0.2) is 29.7 Å². The lowest BCUT2D eigenvalue weighted by molar-refractivity contribution is 0.0921. The van der Waals surface area contributed by atoms with Gasteiger partial charge in [-0.15, -0.1) is 11.3 Å². The minimum absolute atomic E-state index is 0.187. The Labute approximate surface area is 194 Å². The third-order valence-electron chi connectivity index (χ3n) is 5.80. The van der Waals surface area contributed by atoms with Crippen molar-refractivity contribution in [3.05, 3.63) is 81.2 Å². The van der Waals surface area contributed by atoms with Crippen LogP contribution in [0, 0.1) is 13.8 Å². The molecule has 0 radical (unpaired) electrons. The van der Waals surface area contributed by atoms with Crippen molar-refractivity contribution in [2.24, 2.45) is 0 Å². The number of hydrogen-bond donors (Lipinski definition) is 2. The quantitative estimate of drug-likeness (QED) is 0.556. The van der Waals surface area contributed by atoms with Crippen molar-refractivity contribution in [1.29, 1.82) is 0 Å². The zero-order chi connectivity index (χ0) is 23.3. The van der Waals surface area contributed by atoms with Crippen LogP contribution in [0.15, 0.2) is 47.8 Å². The van der Waals surface area contributed by atoms with E-state index in [1.165, 1.54) is 29.5 Å². The van der Waals surface area contributed by atoms with Crippen molar-refractivity contribution in [2.75, 3.05) is 10.2 Å². The molecule has 0 spiro atoms. The van der Waals surface area contributed by atoms with Gasteiger partial charge < -0.3 is 10.6 Å². The van der Waals surface area contributed by atoms with E-state index in [0.717, 1.165) is 28.9 Å². The third-order valence-corrected chi connectivity index (χ3v) is 6.63. The molecule has 1 aliphatic carbocycles. The fraction of sp³-hybridized carbons (Fsp3) is 0.200. The van der Waals surface area contributed by atoms with E-state index in [-0.39, 0.29) is 28.6 Å². The molecule has 8 heteroatoms.